The zero-order chi connectivity index (χ0) is 26.6. The van der Waals surface area contributed by atoms with Crippen molar-refractivity contribution in [2.45, 2.75) is 60.1 Å². The predicted octanol–water partition coefficient (Wildman–Crippen LogP) is 6.43. The summed E-state index contributed by atoms with van der Waals surface area (Å²) in [6.45, 7) is 12.6. The molecule has 1 aromatic heterocycles. The molecule has 6 nitrogen and oxygen atoms in total. The number of hydrogen-bond acceptors (Lipinski definition) is 6. The Balaban J connectivity index is 0.000000658. The molecule has 0 radical (unpaired) electrons. The number of anilines is 1. The summed E-state index contributed by atoms with van der Waals surface area (Å²) in [4.78, 5) is 16.5. The van der Waals surface area contributed by atoms with E-state index in [-0.39, 0.29) is 6.42 Å². The lowest BCUT2D eigenvalue weighted by atomic mass is 9.86. The fourth-order valence-electron chi connectivity index (χ4n) is 4.21. The minimum Gasteiger partial charge on any atom is -0.492 e. The summed E-state index contributed by atoms with van der Waals surface area (Å²) in [5.74, 6) is -0.0634. The molecule has 0 fully saturated rings. The van der Waals surface area contributed by atoms with Crippen LogP contribution < -0.4 is 9.04 Å². The Labute approximate surface area is 218 Å². The number of ether oxygens (including phenoxy) is 1. The van der Waals surface area contributed by atoms with Gasteiger partial charge in [-0.25, -0.2) is 0 Å². The molecular formula is C29H36N2O4S. The molecule has 0 aliphatic carbocycles. The standard InChI is InChI=1S/C25H26N2O3S.C4H10O/c1-5-30-19-10-18-14-27(31-4)25-16(3)20(12-23(28)29)21(11-22(25)24(18)26-13-19)17-8-6-15(2)7-9-17;1-4(2,3)5/h6-11,13H,5,12,14H2,1-4H3,(H,28,29);5H,1-3H3. The smallest absolute Gasteiger partial charge is 0.307 e. The summed E-state index contributed by atoms with van der Waals surface area (Å²) >= 11 is 1.63. The number of aryl methyl sites for hydroxylation is 1. The highest BCUT2D eigenvalue weighted by molar-refractivity contribution is 7.99. The van der Waals surface area contributed by atoms with Gasteiger partial charge < -0.3 is 19.3 Å². The maximum absolute atomic E-state index is 11.7. The first-order valence-electron chi connectivity index (χ1n) is 12.0. The monoisotopic (exact) mass is 508 g/mol. The van der Waals surface area contributed by atoms with Crippen molar-refractivity contribution < 1.29 is 19.7 Å². The van der Waals surface area contributed by atoms with Gasteiger partial charge in [0.15, 0.2) is 0 Å². The summed E-state index contributed by atoms with van der Waals surface area (Å²) in [6.07, 6.45) is 3.79. The van der Waals surface area contributed by atoms with Gasteiger partial charge in [0.2, 0.25) is 0 Å². The number of carboxylic acid groups (broad SMARTS) is 1. The van der Waals surface area contributed by atoms with Crippen molar-refractivity contribution in [2.24, 2.45) is 0 Å². The number of carbonyl (C=O) groups is 1. The van der Waals surface area contributed by atoms with E-state index in [1.54, 1.807) is 38.9 Å². The van der Waals surface area contributed by atoms with E-state index < -0.39 is 11.6 Å². The molecule has 0 atom stereocenters. The first kappa shape index (κ1) is 27.6. The molecular weight excluding hydrogens is 472 g/mol. The van der Waals surface area contributed by atoms with Crippen LogP contribution in [0.2, 0.25) is 0 Å². The third-order valence-corrected chi connectivity index (χ3v) is 6.41. The highest BCUT2D eigenvalue weighted by atomic mass is 32.2. The van der Waals surface area contributed by atoms with Crippen molar-refractivity contribution in [3.63, 3.8) is 0 Å². The normalized spacial score (nSPS) is 12.3. The molecule has 0 spiro atoms. The Morgan fingerprint density at radius 3 is 2.33 bits per heavy atom. The quantitative estimate of drug-likeness (QED) is 0.371. The highest BCUT2D eigenvalue weighted by Crippen LogP contribution is 2.47. The SMILES string of the molecule is CC(C)(C)O.CCOc1cnc2c(c1)CN(SC)c1c-2cc(-c2ccc(C)cc2)c(CC(=O)O)c1C. The minimum atomic E-state index is -0.831. The van der Waals surface area contributed by atoms with Crippen LogP contribution in [0.25, 0.3) is 22.4 Å². The Morgan fingerprint density at radius 2 is 1.78 bits per heavy atom. The van der Waals surface area contributed by atoms with Gasteiger partial charge in [0.05, 0.1) is 42.8 Å². The highest BCUT2D eigenvalue weighted by Gasteiger charge is 2.29. The van der Waals surface area contributed by atoms with Gasteiger partial charge >= 0.3 is 5.97 Å². The van der Waals surface area contributed by atoms with Crippen molar-refractivity contribution in [3.05, 3.63) is 64.8 Å². The molecule has 192 valence electrons. The van der Waals surface area contributed by atoms with Gasteiger partial charge in [-0.2, -0.15) is 0 Å². The molecule has 4 rings (SSSR count). The molecule has 0 saturated carbocycles. The Morgan fingerprint density at radius 1 is 1.14 bits per heavy atom. The second kappa shape index (κ2) is 11.4. The molecule has 0 bridgehead atoms. The number of carboxylic acids is 1. The first-order valence-corrected chi connectivity index (χ1v) is 13.2. The van der Waals surface area contributed by atoms with Gasteiger partial charge in [-0.1, -0.05) is 41.8 Å². The molecule has 36 heavy (non-hydrogen) atoms. The second-order valence-electron chi connectivity index (χ2n) is 9.86. The van der Waals surface area contributed by atoms with Crippen LogP contribution in [0.15, 0.2) is 42.6 Å². The number of pyridine rings is 1. The predicted molar refractivity (Wildman–Crippen MR) is 149 cm³/mol. The van der Waals surface area contributed by atoms with Gasteiger partial charge in [0.25, 0.3) is 0 Å². The Kier molecular flexibility index (Phi) is 8.69. The van der Waals surface area contributed by atoms with E-state index in [2.05, 4.69) is 40.7 Å². The lowest BCUT2D eigenvalue weighted by molar-refractivity contribution is -0.136. The molecule has 2 aromatic carbocycles. The van der Waals surface area contributed by atoms with E-state index in [1.807, 2.05) is 27.0 Å². The molecule has 0 saturated heterocycles. The first-order chi connectivity index (χ1) is 16.9. The van der Waals surface area contributed by atoms with Crippen LogP contribution in [0.5, 0.6) is 5.75 Å². The number of hydrogen-bond donors (Lipinski definition) is 2. The molecule has 1 aliphatic heterocycles. The van der Waals surface area contributed by atoms with Crippen LogP contribution in [0.4, 0.5) is 5.69 Å². The lowest BCUT2D eigenvalue weighted by Crippen LogP contribution is -2.22. The van der Waals surface area contributed by atoms with Crippen LogP contribution in [-0.2, 0) is 17.8 Å². The summed E-state index contributed by atoms with van der Waals surface area (Å²) < 4.78 is 7.88. The molecule has 3 aromatic rings. The van der Waals surface area contributed by atoms with E-state index >= 15 is 0 Å². The van der Waals surface area contributed by atoms with Gasteiger partial charge in [0.1, 0.15) is 5.75 Å². The average Bonchev–Trinajstić information content (AvgIpc) is 2.79. The van der Waals surface area contributed by atoms with Crippen LogP contribution in [0.1, 0.15) is 49.9 Å². The number of aliphatic carboxylic acids is 1. The summed E-state index contributed by atoms with van der Waals surface area (Å²) in [6, 6.07) is 12.4. The maximum Gasteiger partial charge on any atom is 0.307 e. The maximum atomic E-state index is 11.7. The number of fused-ring (bicyclic) bond motifs is 3. The topological polar surface area (TPSA) is 82.9 Å². The summed E-state index contributed by atoms with van der Waals surface area (Å²) in [5, 5.41) is 18.1. The van der Waals surface area contributed by atoms with E-state index in [9.17, 15) is 9.90 Å². The van der Waals surface area contributed by atoms with Gasteiger partial charge in [0, 0.05) is 17.4 Å². The van der Waals surface area contributed by atoms with Gasteiger partial charge in [-0.05, 0) is 75.9 Å². The number of rotatable bonds is 6. The van der Waals surface area contributed by atoms with Crippen LogP contribution in [0, 0.1) is 13.8 Å². The largest absolute Gasteiger partial charge is 0.492 e. The van der Waals surface area contributed by atoms with Crippen molar-refractivity contribution >= 4 is 23.6 Å². The molecule has 2 N–H and O–H groups in total. The van der Waals surface area contributed by atoms with Crippen LogP contribution >= 0.6 is 11.9 Å². The number of benzene rings is 2. The molecule has 1 aliphatic rings. The summed E-state index contributed by atoms with van der Waals surface area (Å²) in [5.41, 5.74) is 8.58. The van der Waals surface area contributed by atoms with Gasteiger partial charge in [-0.15, -0.1) is 0 Å². The minimum absolute atomic E-state index is 0.0197. The Bertz CT molecular complexity index is 1230. The fourth-order valence-corrected chi connectivity index (χ4v) is 4.89. The fraction of sp³-hybridized carbons (Fsp3) is 0.379. The van der Waals surface area contributed by atoms with Gasteiger partial charge in [-0.3, -0.25) is 9.78 Å². The molecule has 7 heteroatoms. The summed E-state index contributed by atoms with van der Waals surface area (Å²) in [7, 11) is 0. The third kappa shape index (κ3) is 6.59. The molecule has 0 amide bonds. The van der Waals surface area contributed by atoms with E-state index in [1.165, 1.54) is 5.56 Å². The molecule has 0 unspecified atom stereocenters. The van der Waals surface area contributed by atoms with E-state index in [0.29, 0.717) is 13.2 Å². The lowest BCUT2D eigenvalue weighted by Gasteiger charge is -2.33. The zero-order valence-electron chi connectivity index (χ0n) is 22.2. The average molecular weight is 509 g/mol. The van der Waals surface area contributed by atoms with Crippen molar-refractivity contribution in [3.8, 4) is 28.1 Å². The van der Waals surface area contributed by atoms with Crippen molar-refractivity contribution in [1.29, 1.82) is 0 Å². The second-order valence-corrected chi connectivity index (χ2v) is 10.7. The van der Waals surface area contributed by atoms with Crippen molar-refractivity contribution in [2.75, 3.05) is 17.2 Å². The number of aliphatic hydroxyl groups is 1. The van der Waals surface area contributed by atoms with Crippen molar-refractivity contribution in [1.82, 2.24) is 4.98 Å². The zero-order valence-corrected chi connectivity index (χ0v) is 23.0. The number of aromatic nitrogens is 1. The van der Waals surface area contributed by atoms with E-state index in [4.69, 9.17) is 14.8 Å². The van der Waals surface area contributed by atoms with E-state index in [0.717, 1.165) is 50.5 Å². The molecule has 2 heterocycles. The Hall–Kier alpha value is -3.03. The third-order valence-electron chi connectivity index (χ3n) is 5.66. The number of nitrogens with zero attached hydrogens (tertiary/aromatic N) is 2. The van der Waals surface area contributed by atoms with Crippen LogP contribution in [-0.4, -0.2) is 39.6 Å². The van der Waals surface area contributed by atoms with Crippen LogP contribution in [0.3, 0.4) is 0 Å².